The van der Waals surface area contributed by atoms with Gasteiger partial charge in [-0.3, -0.25) is 4.79 Å². The Morgan fingerprint density at radius 3 is 2.23 bits per heavy atom. The molecule has 0 aliphatic carbocycles. The number of ether oxygens (including phenoxy) is 1. The van der Waals surface area contributed by atoms with Crippen LogP contribution in [-0.2, 0) is 0 Å². The van der Waals surface area contributed by atoms with Crippen molar-refractivity contribution in [3.8, 4) is 5.88 Å². The molecule has 8 heteroatoms. The van der Waals surface area contributed by atoms with Gasteiger partial charge in [0.15, 0.2) is 0 Å². The molecule has 30 heavy (non-hydrogen) atoms. The molecular formula is C22H30N6O2. The topological polar surface area (TPSA) is 74.7 Å². The number of carbonyl (C=O) groups is 1. The number of hydrogen-bond donors (Lipinski definition) is 0. The molecule has 4 rings (SSSR count). The van der Waals surface area contributed by atoms with E-state index in [9.17, 15) is 4.79 Å². The Labute approximate surface area is 177 Å². The summed E-state index contributed by atoms with van der Waals surface area (Å²) >= 11 is 0. The molecule has 0 spiro atoms. The van der Waals surface area contributed by atoms with Gasteiger partial charge in [0.05, 0.1) is 12.2 Å². The lowest BCUT2D eigenvalue weighted by Gasteiger charge is -2.36. The van der Waals surface area contributed by atoms with Crippen LogP contribution in [0.3, 0.4) is 0 Å². The van der Waals surface area contributed by atoms with Gasteiger partial charge in [-0.25, -0.2) is 15.0 Å². The fourth-order valence-electron chi connectivity index (χ4n) is 4.04. The van der Waals surface area contributed by atoms with E-state index in [1.54, 1.807) is 18.3 Å². The molecular weight excluding hydrogens is 380 g/mol. The maximum atomic E-state index is 12.8. The monoisotopic (exact) mass is 410 g/mol. The summed E-state index contributed by atoms with van der Waals surface area (Å²) in [6.45, 7) is 9.39. The molecule has 0 radical (unpaired) electrons. The highest BCUT2D eigenvalue weighted by molar-refractivity contribution is 5.94. The molecule has 1 amide bonds. The molecule has 2 saturated heterocycles. The first kappa shape index (κ1) is 20.4. The molecule has 0 unspecified atom stereocenters. The first-order valence-corrected chi connectivity index (χ1v) is 10.9. The second kappa shape index (κ2) is 9.28. The lowest BCUT2D eigenvalue weighted by Crippen LogP contribution is -2.49. The molecule has 2 fully saturated rings. The quantitative estimate of drug-likeness (QED) is 0.750. The number of piperazine rings is 1. The third-order valence-corrected chi connectivity index (χ3v) is 5.66. The summed E-state index contributed by atoms with van der Waals surface area (Å²) in [6, 6.07) is 5.64. The number of rotatable bonds is 5. The SMILES string of the molecule is CCOc1ccc(C(=O)N2CCN(c3cc(N4CCCCC4)nc(C)n3)CC2)cn1. The number of aromatic nitrogens is 3. The number of amides is 1. The largest absolute Gasteiger partial charge is 0.478 e. The summed E-state index contributed by atoms with van der Waals surface area (Å²) in [7, 11) is 0. The van der Waals surface area contributed by atoms with Gasteiger partial charge < -0.3 is 19.4 Å². The van der Waals surface area contributed by atoms with E-state index in [-0.39, 0.29) is 5.91 Å². The van der Waals surface area contributed by atoms with Crippen LogP contribution >= 0.6 is 0 Å². The molecule has 0 bridgehead atoms. The molecule has 4 heterocycles. The van der Waals surface area contributed by atoms with Crippen LogP contribution in [0, 0.1) is 6.92 Å². The van der Waals surface area contributed by atoms with E-state index in [0.717, 1.165) is 43.6 Å². The number of piperidine rings is 1. The molecule has 0 N–H and O–H groups in total. The van der Waals surface area contributed by atoms with Gasteiger partial charge in [0.1, 0.15) is 17.5 Å². The number of aryl methyl sites for hydroxylation is 1. The van der Waals surface area contributed by atoms with E-state index >= 15 is 0 Å². The Morgan fingerprint density at radius 2 is 1.63 bits per heavy atom. The van der Waals surface area contributed by atoms with Crippen LogP contribution in [0.2, 0.25) is 0 Å². The Balaban J connectivity index is 1.39. The average Bonchev–Trinajstić information content (AvgIpc) is 2.80. The predicted octanol–water partition coefficient (Wildman–Crippen LogP) is 2.53. The maximum Gasteiger partial charge on any atom is 0.255 e. The van der Waals surface area contributed by atoms with Crippen molar-refractivity contribution in [3.05, 3.63) is 35.8 Å². The average molecular weight is 411 g/mol. The molecule has 0 aromatic carbocycles. The highest BCUT2D eigenvalue weighted by Gasteiger charge is 2.24. The third-order valence-electron chi connectivity index (χ3n) is 5.66. The van der Waals surface area contributed by atoms with Crippen LogP contribution in [0.25, 0.3) is 0 Å². The van der Waals surface area contributed by atoms with Gasteiger partial charge in [-0.1, -0.05) is 0 Å². The lowest BCUT2D eigenvalue weighted by molar-refractivity contribution is 0.0746. The van der Waals surface area contributed by atoms with Crippen molar-refractivity contribution >= 4 is 17.5 Å². The van der Waals surface area contributed by atoms with Gasteiger partial charge in [0, 0.05) is 57.6 Å². The molecule has 2 aliphatic heterocycles. The zero-order valence-corrected chi connectivity index (χ0v) is 17.9. The minimum absolute atomic E-state index is 0.0121. The van der Waals surface area contributed by atoms with Crippen molar-refractivity contribution < 1.29 is 9.53 Å². The van der Waals surface area contributed by atoms with Gasteiger partial charge in [0.2, 0.25) is 5.88 Å². The van der Waals surface area contributed by atoms with E-state index in [4.69, 9.17) is 4.74 Å². The first-order valence-electron chi connectivity index (χ1n) is 10.9. The Morgan fingerprint density at radius 1 is 0.967 bits per heavy atom. The van der Waals surface area contributed by atoms with Crippen LogP contribution < -0.4 is 14.5 Å². The second-order valence-corrected chi connectivity index (χ2v) is 7.78. The molecule has 2 aromatic heterocycles. The van der Waals surface area contributed by atoms with E-state index in [1.807, 2.05) is 18.7 Å². The molecule has 2 aliphatic rings. The summed E-state index contributed by atoms with van der Waals surface area (Å²) in [4.78, 5) is 32.9. The highest BCUT2D eigenvalue weighted by Crippen LogP contribution is 2.23. The third kappa shape index (κ3) is 4.63. The van der Waals surface area contributed by atoms with E-state index in [0.29, 0.717) is 31.1 Å². The minimum Gasteiger partial charge on any atom is -0.478 e. The van der Waals surface area contributed by atoms with Crippen LogP contribution in [0.4, 0.5) is 11.6 Å². The summed E-state index contributed by atoms with van der Waals surface area (Å²) < 4.78 is 5.35. The van der Waals surface area contributed by atoms with E-state index < -0.39 is 0 Å². The fourth-order valence-corrected chi connectivity index (χ4v) is 4.04. The van der Waals surface area contributed by atoms with Gasteiger partial charge in [-0.15, -0.1) is 0 Å². The van der Waals surface area contributed by atoms with Gasteiger partial charge >= 0.3 is 0 Å². The highest BCUT2D eigenvalue weighted by atomic mass is 16.5. The number of carbonyl (C=O) groups excluding carboxylic acids is 1. The zero-order chi connectivity index (χ0) is 20.9. The first-order chi connectivity index (χ1) is 14.6. The zero-order valence-electron chi connectivity index (χ0n) is 17.9. The summed E-state index contributed by atoms with van der Waals surface area (Å²) in [5, 5.41) is 0. The van der Waals surface area contributed by atoms with E-state index in [2.05, 4.69) is 30.8 Å². The van der Waals surface area contributed by atoms with Crippen LogP contribution in [-0.4, -0.2) is 71.6 Å². The smallest absolute Gasteiger partial charge is 0.255 e. The molecule has 8 nitrogen and oxygen atoms in total. The maximum absolute atomic E-state index is 12.8. The summed E-state index contributed by atoms with van der Waals surface area (Å²) in [6.07, 6.45) is 5.34. The standard InChI is InChI=1S/C22H30N6O2/c1-3-30-21-8-7-18(16-23-21)22(29)28-13-11-27(12-14-28)20-15-19(24-17(2)25-20)26-9-5-4-6-10-26/h7-8,15-16H,3-6,9-14H2,1-2H3. The van der Waals surface area contributed by atoms with Crippen molar-refractivity contribution in [2.45, 2.75) is 33.1 Å². The number of nitrogens with zero attached hydrogens (tertiary/aromatic N) is 6. The van der Waals surface area contributed by atoms with Crippen molar-refractivity contribution in [2.24, 2.45) is 0 Å². The van der Waals surface area contributed by atoms with Crippen LogP contribution in [0.5, 0.6) is 5.88 Å². The Kier molecular flexibility index (Phi) is 6.30. The number of pyridine rings is 1. The lowest BCUT2D eigenvalue weighted by atomic mass is 10.1. The second-order valence-electron chi connectivity index (χ2n) is 7.78. The van der Waals surface area contributed by atoms with Gasteiger partial charge in [-0.05, 0) is 39.2 Å². The molecule has 0 saturated carbocycles. The normalized spacial score (nSPS) is 17.2. The van der Waals surface area contributed by atoms with Crippen molar-refractivity contribution in [2.75, 3.05) is 55.7 Å². The van der Waals surface area contributed by atoms with Gasteiger partial charge in [0.25, 0.3) is 5.91 Å². The summed E-state index contributed by atoms with van der Waals surface area (Å²) in [5.41, 5.74) is 0.595. The van der Waals surface area contributed by atoms with Crippen molar-refractivity contribution in [3.63, 3.8) is 0 Å². The molecule has 160 valence electrons. The van der Waals surface area contributed by atoms with Gasteiger partial charge in [-0.2, -0.15) is 0 Å². The van der Waals surface area contributed by atoms with Crippen LogP contribution in [0.15, 0.2) is 24.4 Å². The minimum atomic E-state index is 0.0121. The van der Waals surface area contributed by atoms with Crippen molar-refractivity contribution in [1.82, 2.24) is 19.9 Å². The number of hydrogen-bond acceptors (Lipinski definition) is 7. The molecule has 2 aromatic rings. The Bertz CT molecular complexity index is 858. The molecule has 0 atom stereocenters. The van der Waals surface area contributed by atoms with Crippen LogP contribution in [0.1, 0.15) is 42.4 Å². The Hall–Kier alpha value is -2.90. The summed E-state index contributed by atoms with van der Waals surface area (Å²) in [5.74, 6) is 3.33. The predicted molar refractivity (Wildman–Crippen MR) is 116 cm³/mol. The number of anilines is 2. The fraction of sp³-hybridized carbons (Fsp3) is 0.545. The van der Waals surface area contributed by atoms with Crippen molar-refractivity contribution in [1.29, 1.82) is 0 Å². The van der Waals surface area contributed by atoms with E-state index in [1.165, 1.54) is 19.3 Å².